The summed E-state index contributed by atoms with van der Waals surface area (Å²) in [6, 6.07) is 12.0. The van der Waals surface area contributed by atoms with E-state index in [1.807, 2.05) is 6.07 Å². The summed E-state index contributed by atoms with van der Waals surface area (Å²) < 4.78 is 0. The molecule has 0 amide bonds. The SMILES string of the molecule is Cc1cccc(CSc2cc(C(=N)N)ccn2)c1. The second kappa shape index (κ2) is 5.69. The minimum absolute atomic E-state index is 0.0785. The number of rotatable bonds is 4. The van der Waals surface area contributed by atoms with E-state index in [9.17, 15) is 0 Å². The molecular formula is C14H15N3S. The van der Waals surface area contributed by atoms with Gasteiger partial charge in [-0.3, -0.25) is 5.41 Å². The molecule has 1 aromatic carbocycles. The number of hydrogen-bond acceptors (Lipinski definition) is 3. The molecule has 2 aromatic rings. The molecule has 0 saturated carbocycles. The van der Waals surface area contributed by atoms with Crippen molar-refractivity contribution in [2.24, 2.45) is 5.73 Å². The summed E-state index contributed by atoms with van der Waals surface area (Å²) >= 11 is 1.65. The van der Waals surface area contributed by atoms with Gasteiger partial charge in [-0.05, 0) is 24.6 Å². The van der Waals surface area contributed by atoms with Gasteiger partial charge in [0.15, 0.2) is 0 Å². The number of pyridine rings is 1. The fraction of sp³-hybridized carbons (Fsp3) is 0.143. The Balaban J connectivity index is 2.06. The molecule has 0 fully saturated rings. The second-order valence-electron chi connectivity index (χ2n) is 4.07. The van der Waals surface area contributed by atoms with Crippen molar-refractivity contribution in [2.45, 2.75) is 17.7 Å². The van der Waals surface area contributed by atoms with Crippen molar-refractivity contribution < 1.29 is 0 Å². The van der Waals surface area contributed by atoms with E-state index in [1.165, 1.54) is 11.1 Å². The van der Waals surface area contributed by atoms with E-state index in [0.717, 1.165) is 16.3 Å². The van der Waals surface area contributed by atoms with Crippen molar-refractivity contribution in [2.75, 3.05) is 0 Å². The highest BCUT2D eigenvalue weighted by molar-refractivity contribution is 7.98. The quantitative estimate of drug-likeness (QED) is 0.503. The molecule has 92 valence electrons. The molecule has 1 heterocycles. The van der Waals surface area contributed by atoms with Crippen molar-refractivity contribution in [1.82, 2.24) is 4.98 Å². The van der Waals surface area contributed by atoms with Crippen LogP contribution in [0.25, 0.3) is 0 Å². The van der Waals surface area contributed by atoms with Gasteiger partial charge >= 0.3 is 0 Å². The number of nitrogens with zero attached hydrogens (tertiary/aromatic N) is 1. The van der Waals surface area contributed by atoms with Gasteiger partial charge in [-0.15, -0.1) is 11.8 Å². The highest BCUT2D eigenvalue weighted by Gasteiger charge is 2.01. The topological polar surface area (TPSA) is 62.8 Å². The minimum atomic E-state index is 0.0785. The molecule has 3 nitrogen and oxygen atoms in total. The Morgan fingerprint density at radius 1 is 1.33 bits per heavy atom. The normalized spacial score (nSPS) is 10.3. The minimum Gasteiger partial charge on any atom is -0.384 e. The zero-order valence-corrected chi connectivity index (χ0v) is 11.0. The monoisotopic (exact) mass is 257 g/mol. The largest absolute Gasteiger partial charge is 0.384 e. The van der Waals surface area contributed by atoms with Crippen molar-refractivity contribution in [1.29, 1.82) is 5.41 Å². The van der Waals surface area contributed by atoms with Crippen LogP contribution in [0.15, 0.2) is 47.6 Å². The first-order chi connectivity index (χ1) is 8.65. The lowest BCUT2D eigenvalue weighted by atomic mass is 10.2. The molecule has 2 rings (SSSR count). The summed E-state index contributed by atoms with van der Waals surface area (Å²) in [7, 11) is 0. The standard InChI is InChI=1S/C14H15N3S/c1-10-3-2-4-11(7-10)9-18-13-8-12(14(15)16)5-6-17-13/h2-8H,9H2,1H3,(H3,15,16). The van der Waals surface area contributed by atoms with Gasteiger partial charge < -0.3 is 5.73 Å². The summed E-state index contributed by atoms with van der Waals surface area (Å²) in [6.07, 6.45) is 1.69. The highest BCUT2D eigenvalue weighted by Crippen LogP contribution is 2.21. The van der Waals surface area contributed by atoms with Gasteiger partial charge in [0.25, 0.3) is 0 Å². The van der Waals surface area contributed by atoms with Crippen molar-refractivity contribution >= 4 is 17.6 Å². The number of nitrogens with one attached hydrogen (secondary N) is 1. The summed E-state index contributed by atoms with van der Waals surface area (Å²) in [4.78, 5) is 4.27. The van der Waals surface area contributed by atoms with E-state index in [4.69, 9.17) is 11.1 Å². The number of aromatic nitrogens is 1. The van der Waals surface area contributed by atoms with Crippen LogP contribution in [-0.4, -0.2) is 10.8 Å². The lowest BCUT2D eigenvalue weighted by Gasteiger charge is -2.04. The first kappa shape index (κ1) is 12.6. The predicted molar refractivity (Wildman–Crippen MR) is 76.0 cm³/mol. The van der Waals surface area contributed by atoms with Crippen LogP contribution >= 0.6 is 11.8 Å². The van der Waals surface area contributed by atoms with E-state index in [2.05, 4.69) is 36.2 Å². The number of thioether (sulfide) groups is 1. The van der Waals surface area contributed by atoms with Crippen molar-refractivity contribution in [3.05, 3.63) is 59.3 Å². The third-order valence-corrected chi connectivity index (χ3v) is 3.51. The van der Waals surface area contributed by atoms with Gasteiger partial charge in [-0.2, -0.15) is 0 Å². The Hall–Kier alpha value is -1.81. The molecule has 0 radical (unpaired) electrons. The molecule has 4 heteroatoms. The molecule has 0 unspecified atom stereocenters. The Morgan fingerprint density at radius 2 is 2.17 bits per heavy atom. The smallest absolute Gasteiger partial charge is 0.122 e. The fourth-order valence-electron chi connectivity index (χ4n) is 1.62. The van der Waals surface area contributed by atoms with Gasteiger partial charge in [0.2, 0.25) is 0 Å². The van der Waals surface area contributed by atoms with Gasteiger partial charge in [-0.25, -0.2) is 4.98 Å². The number of hydrogen-bond donors (Lipinski definition) is 2. The van der Waals surface area contributed by atoms with E-state index in [1.54, 1.807) is 24.0 Å². The zero-order chi connectivity index (χ0) is 13.0. The summed E-state index contributed by atoms with van der Waals surface area (Å²) in [5.74, 6) is 0.950. The van der Waals surface area contributed by atoms with Crippen LogP contribution < -0.4 is 5.73 Å². The summed E-state index contributed by atoms with van der Waals surface area (Å²) in [5, 5.41) is 8.29. The molecule has 1 aromatic heterocycles. The average molecular weight is 257 g/mol. The van der Waals surface area contributed by atoms with Crippen LogP contribution in [0, 0.1) is 12.3 Å². The van der Waals surface area contributed by atoms with Gasteiger partial charge in [0, 0.05) is 17.5 Å². The summed E-state index contributed by atoms with van der Waals surface area (Å²) in [6.45, 7) is 2.09. The number of nitrogens with two attached hydrogens (primary N) is 1. The van der Waals surface area contributed by atoms with Gasteiger partial charge in [-0.1, -0.05) is 29.8 Å². The Bertz CT molecular complexity index is 566. The first-order valence-corrected chi connectivity index (χ1v) is 6.62. The van der Waals surface area contributed by atoms with E-state index in [-0.39, 0.29) is 5.84 Å². The van der Waals surface area contributed by atoms with Crippen LogP contribution in [-0.2, 0) is 5.75 Å². The average Bonchev–Trinajstić information content (AvgIpc) is 2.37. The molecule has 3 N–H and O–H groups in total. The van der Waals surface area contributed by atoms with Crippen LogP contribution in [0.1, 0.15) is 16.7 Å². The molecule has 0 spiro atoms. The van der Waals surface area contributed by atoms with Crippen molar-refractivity contribution in [3.63, 3.8) is 0 Å². The number of nitrogen functional groups attached to an aromatic ring is 1. The van der Waals surface area contributed by atoms with Crippen LogP contribution in [0.2, 0.25) is 0 Å². The molecule has 0 atom stereocenters. The highest BCUT2D eigenvalue weighted by atomic mass is 32.2. The Labute approximate surface area is 111 Å². The third-order valence-electron chi connectivity index (χ3n) is 2.52. The fourth-order valence-corrected chi connectivity index (χ4v) is 2.45. The molecule has 0 aliphatic rings. The second-order valence-corrected chi connectivity index (χ2v) is 5.07. The number of benzene rings is 1. The van der Waals surface area contributed by atoms with E-state index in [0.29, 0.717) is 0 Å². The number of aryl methyl sites for hydroxylation is 1. The molecule has 18 heavy (non-hydrogen) atoms. The molecular weight excluding hydrogens is 242 g/mol. The maximum Gasteiger partial charge on any atom is 0.122 e. The van der Waals surface area contributed by atoms with Crippen molar-refractivity contribution in [3.8, 4) is 0 Å². The van der Waals surface area contributed by atoms with Crippen LogP contribution in [0.3, 0.4) is 0 Å². The molecule has 0 bridgehead atoms. The molecule has 0 aliphatic heterocycles. The Kier molecular flexibility index (Phi) is 3.99. The van der Waals surface area contributed by atoms with E-state index < -0.39 is 0 Å². The van der Waals surface area contributed by atoms with Gasteiger partial charge in [0.05, 0.1) is 5.03 Å². The lowest BCUT2D eigenvalue weighted by Crippen LogP contribution is -2.10. The van der Waals surface area contributed by atoms with E-state index >= 15 is 0 Å². The summed E-state index contributed by atoms with van der Waals surface area (Å²) in [5.41, 5.74) is 8.71. The first-order valence-electron chi connectivity index (χ1n) is 5.64. The lowest BCUT2D eigenvalue weighted by molar-refractivity contribution is 1.12. The van der Waals surface area contributed by atoms with Crippen LogP contribution in [0.4, 0.5) is 0 Å². The molecule has 0 saturated heterocycles. The maximum absolute atomic E-state index is 7.40. The van der Waals surface area contributed by atoms with Crippen LogP contribution in [0.5, 0.6) is 0 Å². The maximum atomic E-state index is 7.40. The molecule has 0 aliphatic carbocycles. The third kappa shape index (κ3) is 3.34. The Morgan fingerprint density at radius 3 is 2.89 bits per heavy atom. The van der Waals surface area contributed by atoms with Gasteiger partial charge in [0.1, 0.15) is 5.84 Å². The number of amidine groups is 1. The zero-order valence-electron chi connectivity index (χ0n) is 10.2. The predicted octanol–water partition coefficient (Wildman–Crippen LogP) is 2.97.